The van der Waals surface area contributed by atoms with Crippen molar-refractivity contribution < 1.29 is 28.8 Å². The van der Waals surface area contributed by atoms with E-state index < -0.39 is 47.2 Å². The SMILES string of the molecule is CCC[C@H](NC(=O)[C@@H]1C[C@@]2(CN1C(=O)[C@@H](NC(=O)[C@@H](NC(=O)[C@@H]1CCCCN1C1CCC1)C1CCCCC1)C(C)(C)C)C(C)(C)C21CCC1)C(=O)C(=O)NC1CC1. The fourth-order valence-electron chi connectivity index (χ4n) is 12.1. The van der Waals surface area contributed by atoms with Crippen LogP contribution in [0.5, 0.6) is 0 Å². The summed E-state index contributed by atoms with van der Waals surface area (Å²) < 4.78 is 0. The highest BCUT2D eigenvalue weighted by atomic mass is 16.2. The minimum absolute atomic E-state index is 0.0165. The Bertz CT molecular complexity index is 1570. The first kappa shape index (κ1) is 42.1. The highest BCUT2D eigenvalue weighted by molar-refractivity contribution is 6.38. The number of ketones is 1. The van der Waals surface area contributed by atoms with E-state index in [-0.39, 0.29) is 52.0 Å². The van der Waals surface area contributed by atoms with Crippen LogP contribution in [0.4, 0.5) is 0 Å². The number of fused-ring (bicyclic) bond motifs is 1. The molecule has 318 valence electrons. The molecule has 2 aliphatic heterocycles. The fourth-order valence-corrected chi connectivity index (χ4v) is 12.1. The van der Waals surface area contributed by atoms with Gasteiger partial charge in [0.25, 0.3) is 5.91 Å². The molecule has 57 heavy (non-hydrogen) atoms. The standard InChI is InChI=1S/C45H72N6O6/c1-7-15-31(35(52)40(56)46-29-21-22-29)47-38(54)33-26-45(43(5,6)44(45)23-14-24-44)27-51(33)41(57)36(42(2,3)4)49-39(55)34(28-16-9-8-10-17-28)48-37(53)32-20-11-12-25-50(32)30-18-13-19-30/h28-34,36H,7-27H2,1-6H3,(H,46,56)(H,47,54)(H,48,53)(H,49,55)/t31-,32-,33-,34-,36+,45+/m0/s1. The summed E-state index contributed by atoms with van der Waals surface area (Å²) in [6.07, 6.45) is 17.4. The summed E-state index contributed by atoms with van der Waals surface area (Å²) in [4.78, 5) is 88.9. The lowest BCUT2D eigenvalue weighted by molar-refractivity contribution is -0.146. The molecule has 0 unspecified atom stereocenters. The van der Waals surface area contributed by atoms with Crippen LogP contribution in [0.1, 0.15) is 164 Å². The summed E-state index contributed by atoms with van der Waals surface area (Å²) in [5.74, 6) is -2.48. The lowest BCUT2D eigenvalue weighted by Gasteiger charge is -2.45. The van der Waals surface area contributed by atoms with Crippen LogP contribution >= 0.6 is 0 Å². The molecule has 5 aliphatic carbocycles. The van der Waals surface area contributed by atoms with Crippen molar-refractivity contribution >= 4 is 35.3 Å². The van der Waals surface area contributed by atoms with Gasteiger partial charge in [-0.15, -0.1) is 0 Å². The van der Waals surface area contributed by atoms with E-state index in [1.807, 2.05) is 27.7 Å². The molecule has 2 heterocycles. The second kappa shape index (κ2) is 16.2. The van der Waals surface area contributed by atoms with Crippen molar-refractivity contribution in [3.63, 3.8) is 0 Å². The minimum atomic E-state index is -0.984. The van der Waals surface area contributed by atoms with Gasteiger partial charge in [-0.1, -0.05) is 86.5 Å². The van der Waals surface area contributed by atoms with Crippen LogP contribution in [0.3, 0.4) is 0 Å². The number of likely N-dealkylation sites (tertiary alicyclic amines) is 2. The molecule has 6 atom stereocenters. The Hall–Kier alpha value is -3.02. The Kier molecular flexibility index (Phi) is 12.0. The zero-order valence-corrected chi connectivity index (χ0v) is 35.8. The molecular weight excluding hydrogens is 721 g/mol. The van der Waals surface area contributed by atoms with Crippen molar-refractivity contribution in [3.8, 4) is 0 Å². The summed E-state index contributed by atoms with van der Waals surface area (Å²) in [5.41, 5.74) is -1.03. The molecule has 0 bridgehead atoms. The molecule has 0 aromatic heterocycles. The van der Waals surface area contributed by atoms with E-state index in [0.29, 0.717) is 31.8 Å². The van der Waals surface area contributed by atoms with Crippen molar-refractivity contribution in [2.24, 2.45) is 27.6 Å². The summed E-state index contributed by atoms with van der Waals surface area (Å²) in [7, 11) is 0. The van der Waals surface area contributed by atoms with Crippen molar-refractivity contribution in [1.29, 1.82) is 0 Å². The van der Waals surface area contributed by atoms with E-state index >= 15 is 4.79 Å². The topological polar surface area (TPSA) is 157 Å². The van der Waals surface area contributed by atoms with Gasteiger partial charge in [0.1, 0.15) is 18.1 Å². The Morgan fingerprint density at radius 3 is 1.96 bits per heavy atom. The molecule has 7 rings (SSSR count). The fraction of sp³-hybridized carbons (Fsp3) is 0.867. The maximum atomic E-state index is 15.2. The zero-order valence-electron chi connectivity index (χ0n) is 35.8. The number of Topliss-reactive ketones (excluding diaryl/α,β-unsaturated/α-hetero) is 1. The van der Waals surface area contributed by atoms with Crippen LogP contribution in [0.25, 0.3) is 0 Å². The van der Waals surface area contributed by atoms with Gasteiger partial charge in [0.05, 0.1) is 12.1 Å². The second-order valence-corrected chi connectivity index (χ2v) is 20.8. The number of nitrogens with one attached hydrogen (secondary N) is 4. The number of carbonyl (C=O) groups excluding carboxylic acids is 6. The van der Waals surface area contributed by atoms with Crippen LogP contribution < -0.4 is 21.3 Å². The molecule has 7 aliphatic rings. The predicted octanol–water partition coefficient (Wildman–Crippen LogP) is 4.92. The summed E-state index contributed by atoms with van der Waals surface area (Å²) >= 11 is 0. The molecule has 5 saturated carbocycles. The molecule has 0 radical (unpaired) electrons. The normalized spacial score (nSPS) is 30.0. The average Bonchev–Trinajstić information content (AvgIpc) is 3.96. The first-order chi connectivity index (χ1) is 27.0. The highest BCUT2D eigenvalue weighted by Gasteiger charge is 2.85. The monoisotopic (exact) mass is 793 g/mol. The largest absolute Gasteiger partial charge is 0.347 e. The quantitative estimate of drug-likeness (QED) is 0.182. The van der Waals surface area contributed by atoms with Crippen molar-refractivity contribution in [2.45, 2.75) is 206 Å². The number of hydrogen-bond donors (Lipinski definition) is 4. The number of carbonyl (C=O) groups is 6. The van der Waals surface area contributed by atoms with E-state index in [4.69, 9.17) is 0 Å². The average molecular weight is 793 g/mol. The molecule has 5 amide bonds. The molecular formula is C45H72N6O6. The van der Waals surface area contributed by atoms with Gasteiger partial charge in [-0.3, -0.25) is 33.7 Å². The second-order valence-electron chi connectivity index (χ2n) is 20.8. The molecule has 0 aromatic rings. The molecule has 0 aromatic carbocycles. The Morgan fingerprint density at radius 1 is 0.737 bits per heavy atom. The van der Waals surface area contributed by atoms with Gasteiger partial charge in [0, 0.05) is 24.0 Å². The smallest absolute Gasteiger partial charge is 0.289 e. The maximum Gasteiger partial charge on any atom is 0.289 e. The van der Waals surface area contributed by atoms with Crippen LogP contribution in [0.2, 0.25) is 0 Å². The van der Waals surface area contributed by atoms with E-state index in [0.717, 1.165) is 103 Å². The minimum Gasteiger partial charge on any atom is -0.347 e. The molecule has 2 spiro atoms. The maximum absolute atomic E-state index is 15.2. The summed E-state index contributed by atoms with van der Waals surface area (Å²) in [6.45, 7) is 13.6. The zero-order chi connectivity index (χ0) is 40.9. The third kappa shape index (κ3) is 7.79. The van der Waals surface area contributed by atoms with Crippen LogP contribution in [0, 0.1) is 27.6 Å². The molecule has 4 N–H and O–H groups in total. The van der Waals surface area contributed by atoms with Crippen molar-refractivity contribution in [3.05, 3.63) is 0 Å². The summed E-state index contributed by atoms with van der Waals surface area (Å²) in [5, 5.41) is 12.2. The van der Waals surface area contributed by atoms with Crippen molar-refractivity contribution in [1.82, 2.24) is 31.1 Å². The number of hydrogen-bond acceptors (Lipinski definition) is 7. The van der Waals surface area contributed by atoms with Gasteiger partial charge in [-0.2, -0.15) is 0 Å². The summed E-state index contributed by atoms with van der Waals surface area (Å²) in [6, 6.07) is -3.35. The number of piperidine rings is 1. The van der Waals surface area contributed by atoms with E-state index in [1.54, 1.807) is 4.90 Å². The predicted molar refractivity (Wildman–Crippen MR) is 218 cm³/mol. The lowest BCUT2D eigenvalue weighted by Crippen LogP contribution is -2.63. The van der Waals surface area contributed by atoms with Crippen molar-refractivity contribution in [2.75, 3.05) is 13.1 Å². The van der Waals surface area contributed by atoms with Gasteiger partial charge < -0.3 is 26.2 Å². The molecule has 7 fully saturated rings. The highest BCUT2D eigenvalue weighted by Crippen LogP contribution is 2.88. The van der Waals surface area contributed by atoms with Crippen LogP contribution in [0.15, 0.2) is 0 Å². The van der Waals surface area contributed by atoms with E-state index in [9.17, 15) is 24.0 Å². The number of rotatable bonds is 14. The third-order valence-electron chi connectivity index (χ3n) is 16.2. The van der Waals surface area contributed by atoms with Gasteiger partial charge in [0.2, 0.25) is 29.4 Å². The third-order valence-corrected chi connectivity index (χ3v) is 16.2. The first-order valence-corrected chi connectivity index (χ1v) is 22.9. The molecule has 12 heteroatoms. The van der Waals surface area contributed by atoms with E-state index in [1.165, 1.54) is 6.42 Å². The van der Waals surface area contributed by atoms with Gasteiger partial charge in [0.15, 0.2) is 0 Å². The Balaban J connectivity index is 1.13. The van der Waals surface area contributed by atoms with E-state index in [2.05, 4.69) is 40.0 Å². The Labute approximate surface area is 340 Å². The van der Waals surface area contributed by atoms with Gasteiger partial charge >= 0.3 is 0 Å². The molecule has 2 saturated heterocycles. The number of nitrogens with zero attached hydrogens (tertiary/aromatic N) is 2. The number of amides is 5. The Morgan fingerprint density at radius 2 is 1.40 bits per heavy atom. The van der Waals surface area contributed by atoms with Crippen LogP contribution in [-0.4, -0.2) is 101 Å². The first-order valence-electron chi connectivity index (χ1n) is 22.9. The van der Waals surface area contributed by atoms with Gasteiger partial charge in [-0.25, -0.2) is 0 Å². The molecule has 12 nitrogen and oxygen atoms in total. The van der Waals surface area contributed by atoms with Gasteiger partial charge in [-0.05, 0) is 106 Å². The van der Waals surface area contributed by atoms with Crippen LogP contribution in [-0.2, 0) is 28.8 Å². The lowest BCUT2D eigenvalue weighted by atomic mass is 9.73.